The van der Waals surface area contributed by atoms with Gasteiger partial charge in [-0.25, -0.2) is 0 Å². The number of hydrogen-bond donors (Lipinski definition) is 1. The van der Waals surface area contributed by atoms with Crippen LogP contribution in [-0.4, -0.2) is 12.2 Å². The molecule has 1 N–H and O–H groups in total. The Hall–Kier alpha value is -0.940. The Labute approximate surface area is 141 Å². The van der Waals surface area contributed by atoms with Crippen LogP contribution in [0.1, 0.15) is 11.1 Å². The van der Waals surface area contributed by atoms with E-state index >= 15 is 0 Å². The molecule has 0 spiro atoms. The molecule has 0 heterocycles. The highest BCUT2D eigenvalue weighted by Gasteiger charge is 2.13. The van der Waals surface area contributed by atoms with Gasteiger partial charge in [-0.1, -0.05) is 45.2 Å². The topological polar surface area (TPSA) is 38.7 Å². The van der Waals surface area contributed by atoms with Gasteiger partial charge in [-0.05, 0) is 18.2 Å². The Morgan fingerprint density at radius 2 is 1.90 bits per heavy atom. The second kappa shape index (κ2) is 7.36. The average Bonchev–Trinajstić information content (AvgIpc) is 2.46. The maximum absolute atomic E-state index is 9.42. The smallest absolute Gasteiger partial charge is 0.167 e. The molecule has 0 aliphatic heterocycles. The number of aliphatic hydroxyl groups is 1. The number of halogens is 3. The molecule has 0 saturated heterocycles. The summed E-state index contributed by atoms with van der Waals surface area (Å²) in [5, 5.41) is 10.5. The van der Waals surface area contributed by atoms with Crippen LogP contribution in [0.5, 0.6) is 11.5 Å². The molecular formula is C15H13BrCl2O3. The monoisotopic (exact) mass is 390 g/mol. The van der Waals surface area contributed by atoms with E-state index in [1.807, 2.05) is 12.1 Å². The molecule has 3 nitrogen and oxygen atoms in total. The molecule has 2 aromatic rings. The fraction of sp³-hybridized carbons (Fsp3) is 0.200. The van der Waals surface area contributed by atoms with E-state index in [1.54, 1.807) is 18.2 Å². The lowest BCUT2D eigenvalue weighted by Crippen LogP contribution is -2.02. The standard InChI is InChI=1S/C15H13BrCl2O3/c1-20-14-6-12(17)4-10(7-19)15(14)21-8-9-2-3-11(16)5-13(9)18/h2-6,19H,7-8H2,1H3. The van der Waals surface area contributed by atoms with Crippen molar-refractivity contribution in [2.45, 2.75) is 13.2 Å². The van der Waals surface area contributed by atoms with E-state index in [4.69, 9.17) is 32.7 Å². The second-order valence-corrected chi connectivity index (χ2v) is 6.04. The molecule has 112 valence electrons. The van der Waals surface area contributed by atoms with Gasteiger partial charge in [0.25, 0.3) is 0 Å². The van der Waals surface area contributed by atoms with Crippen LogP contribution in [0.4, 0.5) is 0 Å². The van der Waals surface area contributed by atoms with Gasteiger partial charge in [0.05, 0.1) is 13.7 Å². The molecule has 0 radical (unpaired) electrons. The summed E-state index contributed by atoms with van der Waals surface area (Å²) < 4.78 is 11.9. The number of benzene rings is 2. The number of hydrogen-bond acceptors (Lipinski definition) is 3. The van der Waals surface area contributed by atoms with E-state index in [2.05, 4.69) is 15.9 Å². The molecule has 0 fully saturated rings. The maximum Gasteiger partial charge on any atom is 0.167 e. The van der Waals surface area contributed by atoms with Gasteiger partial charge >= 0.3 is 0 Å². The number of aliphatic hydroxyl groups excluding tert-OH is 1. The Kier molecular flexibility index (Phi) is 5.76. The van der Waals surface area contributed by atoms with Gasteiger partial charge in [0, 0.05) is 31.7 Å². The van der Waals surface area contributed by atoms with E-state index in [0.717, 1.165) is 10.0 Å². The van der Waals surface area contributed by atoms with Gasteiger partial charge in [-0.2, -0.15) is 0 Å². The molecule has 0 atom stereocenters. The average molecular weight is 392 g/mol. The van der Waals surface area contributed by atoms with E-state index in [0.29, 0.717) is 27.1 Å². The summed E-state index contributed by atoms with van der Waals surface area (Å²) in [4.78, 5) is 0. The van der Waals surface area contributed by atoms with Crippen LogP contribution in [-0.2, 0) is 13.2 Å². The molecule has 2 rings (SSSR count). The van der Waals surface area contributed by atoms with Crippen LogP contribution < -0.4 is 9.47 Å². The van der Waals surface area contributed by atoms with Crippen molar-refractivity contribution in [1.82, 2.24) is 0 Å². The normalized spacial score (nSPS) is 10.5. The fourth-order valence-corrected chi connectivity index (χ4v) is 2.80. The van der Waals surface area contributed by atoms with E-state index in [1.165, 1.54) is 7.11 Å². The summed E-state index contributed by atoms with van der Waals surface area (Å²) in [6.45, 7) is 0.0669. The van der Waals surface area contributed by atoms with Crippen LogP contribution >= 0.6 is 39.1 Å². The van der Waals surface area contributed by atoms with Crippen molar-refractivity contribution in [3.05, 3.63) is 56.0 Å². The lowest BCUT2D eigenvalue weighted by molar-refractivity contribution is 0.250. The zero-order valence-electron chi connectivity index (χ0n) is 11.2. The summed E-state index contributed by atoms with van der Waals surface area (Å²) in [6.07, 6.45) is 0. The minimum Gasteiger partial charge on any atom is -0.493 e. The van der Waals surface area contributed by atoms with E-state index in [9.17, 15) is 5.11 Å². The lowest BCUT2D eigenvalue weighted by atomic mass is 10.2. The van der Waals surface area contributed by atoms with Gasteiger partial charge in [-0.15, -0.1) is 0 Å². The number of methoxy groups -OCH3 is 1. The number of ether oxygens (including phenoxy) is 2. The van der Waals surface area contributed by atoms with E-state index in [-0.39, 0.29) is 13.2 Å². The molecule has 21 heavy (non-hydrogen) atoms. The van der Waals surface area contributed by atoms with Crippen LogP contribution in [0.15, 0.2) is 34.8 Å². The molecule has 0 aliphatic carbocycles. The molecule has 0 aliphatic rings. The summed E-state index contributed by atoms with van der Waals surface area (Å²) in [5.41, 5.74) is 1.40. The Morgan fingerprint density at radius 3 is 2.52 bits per heavy atom. The van der Waals surface area contributed by atoms with Crippen molar-refractivity contribution in [3.8, 4) is 11.5 Å². The largest absolute Gasteiger partial charge is 0.493 e. The SMILES string of the molecule is COc1cc(Cl)cc(CO)c1OCc1ccc(Br)cc1Cl. The Morgan fingerprint density at radius 1 is 1.14 bits per heavy atom. The van der Waals surface area contributed by atoms with Crippen LogP contribution in [0, 0.1) is 0 Å². The van der Waals surface area contributed by atoms with Gasteiger partial charge < -0.3 is 14.6 Å². The van der Waals surface area contributed by atoms with Crippen molar-refractivity contribution < 1.29 is 14.6 Å². The Balaban J connectivity index is 2.26. The highest BCUT2D eigenvalue weighted by atomic mass is 79.9. The van der Waals surface area contributed by atoms with Crippen molar-refractivity contribution in [2.24, 2.45) is 0 Å². The fourth-order valence-electron chi connectivity index (χ4n) is 1.84. The van der Waals surface area contributed by atoms with Crippen LogP contribution in [0.25, 0.3) is 0 Å². The van der Waals surface area contributed by atoms with Crippen molar-refractivity contribution in [3.63, 3.8) is 0 Å². The first-order chi connectivity index (χ1) is 10.0. The molecule has 0 unspecified atom stereocenters. The van der Waals surface area contributed by atoms with Crippen LogP contribution in [0.2, 0.25) is 10.0 Å². The third-order valence-corrected chi connectivity index (χ3v) is 3.94. The van der Waals surface area contributed by atoms with Crippen molar-refractivity contribution in [1.29, 1.82) is 0 Å². The van der Waals surface area contributed by atoms with Crippen LogP contribution in [0.3, 0.4) is 0 Å². The lowest BCUT2D eigenvalue weighted by Gasteiger charge is -2.15. The highest BCUT2D eigenvalue weighted by Crippen LogP contribution is 2.35. The molecule has 0 saturated carbocycles. The summed E-state index contributed by atoms with van der Waals surface area (Å²) in [7, 11) is 1.52. The van der Waals surface area contributed by atoms with Gasteiger partial charge in [-0.3, -0.25) is 0 Å². The maximum atomic E-state index is 9.42. The van der Waals surface area contributed by atoms with Gasteiger partial charge in [0.1, 0.15) is 6.61 Å². The first-order valence-corrected chi connectivity index (χ1v) is 7.64. The summed E-state index contributed by atoms with van der Waals surface area (Å²) >= 11 is 15.5. The molecule has 6 heteroatoms. The minimum atomic E-state index is -0.194. The third-order valence-electron chi connectivity index (χ3n) is 2.87. The number of rotatable bonds is 5. The highest BCUT2D eigenvalue weighted by molar-refractivity contribution is 9.10. The van der Waals surface area contributed by atoms with Gasteiger partial charge in [0.2, 0.25) is 0 Å². The Bertz CT molecular complexity index is 622. The predicted molar refractivity (Wildman–Crippen MR) is 87.4 cm³/mol. The first-order valence-electron chi connectivity index (χ1n) is 6.09. The summed E-state index contributed by atoms with van der Waals surface area (Å²) in [5.74, 6) is 0.933. The summed E-state index contributed by atoms with van der Waals surface area (Å²) in [6, 6.07) is 8.83. The molecular weight excluding hydrogens is 379 g/mol. The predicted octanol–water partition coefficient (Wildman–Crippen LogP) is 4.84. The third kappa shape index (κ3) is 4.04. The molecule has 0 aromatic heterocycles. The van der Waals surface area contributed by atoms with Crippen molar-refractivity contribution in [2.75, 3.05) is 7.11 Å². The second-order valence-electron chi connectivity index (χ2n) is 4.28. The minimum absolute atomic E-state index is 0.194. The quantitative estimate of drug-likeness (QED) is 0.792. The molecule has 0 amide bonds. The first kappa shape index (κ1) is 16.4. The van der Waals surface area contributed by atoms with Gasteiger partial charge in [0.15, 0.2) is 11.5 Å². The van der Waals surface area contributed by atoms with Crippen molar-refractivity contribution >= 4 is 39.1 Å². The zero-order chi connectivity index (χ0) is 15.4. The zero-order valence-corrected chi connectivity index (χ0v) is 14.3. The molecule has 2 aromatic carbocycles. The van der Waals surface area contributed by atoms with E-state index < -0.39 is 0 Å². The molecule has 0 bridgehead atoms.